The van der Waals surface area contributed by atoms with Gasteiger partial charge in [0.2, 0.25) is 0 Å². The zero-order valence-electron chi connectivity index (χ0n) is 15.5. The molecule has 0 saturated carbocycles. The Kier molecular flexibility index (Phi) is 6.87. The van der Waals surface area contributed by atoms with Gasteiger partial charge in [0.1, 0.15) is 23.8 Å². The van der Waals surface area contributed by atoms with Crippen LogP contribution in [0.5, 0.6) is 5.75 Å². The number of ether oxygens (including phenoxy) is 2. The van der Waals surface area contributed by atoms with Crippen LogP contribution in [0.3, 0.4) is 0 Å². The first-order valence-corrected chi connectivity index (χ1v) is 8.79. The Morgan fingerprint density at radius 1 is 1.31 bits per heavy atom. The summed E-state index contributed by atoms with van der Waals surface area (Å²) in [5.74, 6) is 6.16. The number of amides is 1. The summed E-state index contributed by atoms with van der Waals surface area (Å²) in [6.07, 6.45) is 1.40. The average molecular weight is 363 g/mol. The van der Waals surface area contributed by atoms with Crippen molar-refractivity contribution in [3.8, 4) is 17.6 Å². The van der Waals surface area contributed by atoms with Crippen LogP contribution in [0.25, 0.3) is 0 Å². The van der Waals surface area contributed by atoms with Gasteiger partial charge in [0.05, 0.1) is 18.7 Å². The zero-order chi connectivity index (χ0) is 19.2. The Labute approximate surface area is 154 Å². The molecule has 1 aromatic carbocycles. The Hall–Kier alpha value is -2.26. The van der Waals surface area contributed by atoms with Crippen molar-refractivity contribution in [2.24, 2.45) is 0 Å². The lowest BCUT2D eigenvalue weighted by molar-refractivity contribution is 0.0145. The predicted molar refractivity (Wildman–Crippen MR) is 96.3 cm³/mol. The first-order chi connectivity index (χ1) is 12.3. The average Bonchev–Trinajstić information content (AvgIpc) is 2.96. The monoisotopic (exact) mass is 363 g/mol. The van der Waals surface area contributed by atoms with Crippen molar-refractivity contribution in [2.75, 3.05) is 13.2 Å². The van der Waals surface area contributed by atoms with E-state index in [0.717, 1.165) is 12.8 Å². The summed E-state index contributed by atoms with van der Waals surface area (Å²) in [5, 5.41) is 8.90. The normalized spacial score (nSPS) is 19.7. The fourth-order valence-electron chi connectivity index (χ4n) is 2.75. The third kappa shape index (κ3) is 5.92. The number of benzene rings is 1. The van der Waals surface area contributed by atoms with E-state index in [-0.39, 0.29) is 31.1 Å². The Balaban J connectivity index is 2.08. The van der Waals surface area contributed by atoms with Crippen LogP contribution in [0.4, 0.5) is 9.18 Å². The molecule has 0 aliphatic carbocycles. The quantitative estimate of drug-likeness (QED) is 0.834. The summed E-state index contributed by atoms with van der Waals surface area (Å²) >= 11 is 0. The van der Waals surface area contributed by atoms with Crippen LogP contribution >= 0.6 is 0 Å². The zero-order valence-corrected chi connectivity index (χ0v) is 15.5. The van der Waals surface area contributed by atoms with E-state index in [2.05, 4.69) is 11.8 Å². The summed E-state index contributed by atoms with van der Waals surface area (Å²) in [7, 11) is 0. The van der Waals surface area contributed by atoms with E-state index in [0.29, 0.717) is 12.2 Å². The van der Waals surface area contributed by atoms with Gasteiger partial charge in [0.25, 0.3) is 0 Å². The van der Waals surface area contributed by atoms with Gasteiger partial charge >= 0.3 is 6.09 Å². The maximum absolute atomic E-state index is 13.0. The topological polar surface area (TPSA) is 59.0 Å². The maximum Gasteiger partial charge on any atom is 0.411 e. The molecular formula is C20H26FNO4. The van der Waals surface area contributed by atoms with Crippen LogP contribution < -0.4 is 4.74 Å². The molecule has 1 aliphatic heterocycles. The number of halogens is 1. The fourth-order valence-corrected chi connectivity index (χ4v) is 2.75. The van der Waals surface area contributed by atoms with Gasteiger partial charge in [-0.1, -0.05) is 11.8 Å². The van der Waals surface area contributed by atoms with E-state index < -0.39 is 11.7 Å². The SMILES string of the molecule is CC(C)(C)OC(=O)N1C(C#CCCO)CC[C@H]1COc1ccc(F)cc1. The summed E-state index contributed by atoms with van der Waals surface area (Å²) in [4.78, 5) is 14.3. The summed E-state index contributed by atoms with van der Waals surface area (Å²) in [6, 6.07) is 5.33. The van der Waals surface area contributed by atoms with Gasteiger partial charge in [0, 0.05) is 6.42 Å². The minimum atomic E-state index is -0.606. The summed E-state index contributed by atoms with van der Waals surface area (Å²) < 4.78 is 24.2. The third-order valence-corrected chi connectivity index (χ3v) is 3.87. The smallest absolute Gasteiger partial charge is 0.411 e. The van der Waals surface area contributed by atoms with Crippen molar-refractivity contribution in [3.05, 3.63) is 30.1 Å². The van der Waals surface area contributed by atoms with Gasteiger partial charge in [-0.3, -0.25) is 4.90 Å². The van der Waals surface area contributed by atoms with E-state index in [4.69, 9.17) is 14.6 Å². The van der Waals surface area contributed by atoms with Crippen LogP contribution in [0.1, 0.15) is 40.0 Å². The molecule has 1 N–H and O–H groups in total. The summed E-state index contributed by atoms with van der Waals surface area (Å²) in [5.41, 5.74) is -0.606. The molecule has 26 heavy (non-hydrogen) atoms. The molecule has 2 atom stereocenters. The number of aliphatic hydroxyl groups excluding tert-OH is 1. The Morgan fingerprint density at radius 3 is 2.62 bits per heavy atom. The Morgan fingerprint density at radius 2 is 2.00 bits per heavy atom. The van der Waals surface area contributed by atoms with Gasteiger partial charge in [-0.2, -0.15) is 0 Å². The third-order valence-electron chi connectivity index (χ3n) is 3.87. The lowest BCUT2D eigenvalue weighted by atomic mass is 10.2. The van der Waals surface area contributed by atoms with Gasteiger partial charge in [-0.15, -0.1) is 0 Å². The van der Waals surface area contributed by atoms with Crippen LogP contribution in [0, 0.1) is 17.7 Å². The van der Waals surface area contributed by atoms with E-state index in [1.807, 2.05) is 20.8 Å². The first kappa shape index (κ1) is 20.1. The second-order valence-corrected chi connectivity index (χ2v) is 7.19. The highest BCUT2D eigenvalue weighted by atomic mass is 19.1. The van der Waals surface area contributed by atoms with E-state index in [9.17, 15) is 9.18 Å². The van der Waals surface area contributed by atoms with Gasteiger partial charge in [-0.05, 0) is 57.9 Å². The minimum Gasteiger partial charge on any atom is -0.491 e. The number of aliphatic hydroxyl groups is 1. The number of likely N-dealkylation sites (tertiary alicyclic amines) is 1. The Bertz CT molecular complexity index is 657. The van der Waals surface area contributed by atoms with Crippen LogP contribution in [-0.4, -0.2) is 47.0 Å². The number of rotatable bonds is 4. The molecule has 1 saturated heterocycles. The van der Waals surface area contributed by atoms with Crippen LogP contribution in [-0.2, 0) is 4.74 Å². The predicted octanol–water partition coefficient (Wildman–Crippen LogP) is 3.36. The number of carbonyl (C=O) groups is 1. The molecule has 6 heteroatoms. The standard InChI is InChI=1S/C20H26FNO4/c1-20(2,3)26-19(24)22-16(6-4-5-13-23)9-10-17(22)14-25-18-11-7-15(21)8-12-18/h7-8,11-12,16-17,23H,5,9-10,13-14H2,1-3H3/t16?,17-/m0/s1. The number of hydrogen-bond acceptors (Lipinski definition) is 4. The van der Waals surface area contributed by atoms with Crippen molar-refractivity contribution in [3.63, 3.8) is 0 Å². The van der Waals surface area contributed by atoms with Crippen molar-refractivity contribution in [1.82, 2.24) is 4.90 Å². The van der Waals surface area contributed by atoms with Gasteiger partial charge < -0.3 is 14.6 Å². The molecule has 1 aliphatic rings. The molecule has 0 bridgehead atoms. The molecule has 1 amide bonds. The molecule has 2 rings (SSSR count). The second kappa shape index (κ2) is 8.91. The highest BCUT2D eigenvalue weighted by Gasteiger charge is 2.39. The number of hydrogen-bond donors (Lipinski definition) is 1. The molecule has 1 fully saturated rings. The lowest BCUT2D eigenvalue weighted by Gasteiger charge is -2.30. The number of nitrogens with zero attached hydrogens (tertiary/aromatic N) is 1. The van der Waals surface area contributed by atoms with Gasteiger partial charge in [-0.25, -0.2) is 9.18 Å². The van der Waals surface area contributed by atoms with Crippen LogP contribution in [0.2, 0.25) is 0 Å². The molecule has 5 nitrogen and oxygen atoms in total. The minimum absolute atomic E-state index is 0.0107. The largest absolute Gasteiger partial charge is 0.491 e. The molecule has 142 valence electrons. The summed E-state index contributed by atoms with van der Waals surface area (Å²) in [6.45, 7) is 5.72. The highest BCUT2D eigenvalue weighted by Crippen LogP contribution is 2.27. The van der Waals surface area contributed by atoms with E-state index >= 15 is 0 Å². The molecule has 1 heterocycles. The van der Waals surface area contributed by atoms with Crippen molar-refractivity contribution >= 4 is 6.09 Å². The molecule has 0 aromatic heterocycles. The van der Waals surface area contributed by atoms with Crippen molar-refractivity contribution < 1.29 is 23.8 Å². The molecule has 0 spiro atoms. The number of carbonyl (C=O) groups excluding carboxylic acids is 1. The van der Waals surface area contributed by atoms with E-state index in [1.165, 1.54) is 12.1 Å². The van der Waals surface area contributed by atoms with Crippen molar-refractivity contribution in [1.29, 1.82) is 0 Å². The molecule has 1 unspecified atom stereocenters. The first-order valence-electron chi connectivity index (χ1n) is 8.79. The molecular weight excluding hydrogens is 337 g/mol. The maximum atomic E-state index is 13.0. The van der Waals surface area contributed by atoms with E-state index in [1.54, 1.807) is 17.0 Å². The van der Waals surface area contributed by atoms with Gasteiger partial charge in [0.15, 0.2) is 0 Å². The molecule has 0 radical (unpaired) electrons. The second-order valence-electron chi connectivity index (χ2n) is 7.19. The molecule has 1 aromatic rings. The highest BCUT2D eigenvalue weighted by molar-refractivity contribution is 5.70. The fraction of sp³-hybridized carbons (Fsp3) is 0.550. The van der Waals surface area contributed by atoms with Crippen molar-refractivity contribution in [2.45, 2.75) is 57.7 Å². The van der Waals surface area contributed by atoms with Crippen LogP contribution in [0.15, 0.2) is 24.3 Å². The lowest BCUT2D eigenvalue weighted by Crippen LogP contribution is -2.46.